The predicted molar refractivity (Wildman–Crippen MR) is 67.7 cm³/mol. The largest absolute Gasteiger partial charge is 0.324 e. The summed E-state index contributed by atoms with van der Waals surface area (Å²) in [4.78, 5) is 10.3. The van der Waals surface area contributed by atoms with Gasteiger partial charge in [0.1, 0.15) is 0 Å². The van der Waals surface area contributed by atoms with Crippen LogP contribution in [0.15, 0.2) is 22.7 Å². The lowest BCUT2D eigenvalue weighted by Crippen LogP contribution is -2.12. The summed E-state index contributed by atoms with van der Waals surface area (Å²) in [6, 6.07) is 5.04. The second-order valence-electron chi connectivity index (χ2n) is 3.83. The molecule has 0 heterocycles. The number of nitrogens with two attached hydrogens (primary N) is 1. The molecule has 0 amide bonds. The van der Waals surface area contributed by atoms with E-state index in [9.17, 15) is 10.1 Å². The van der Waals surface area contributed by atoms with Gasteiger partial charge in [-0.05, 0) is 46.3 Å². The zero-order valence-electron chi connectivity index (χ0n) is 8.43. The third-order valence-electron chi connectivity index (χ3n) is 2.68. The lowest BCUT2D eigenvalue weighted by Gasteiger charge is -2.10. The van der Waals surface area contributed by atoms with Gasteiger partial charge in [-0.1, -0.05) is 6.07 Å². The maximum atomic E-state index is 10.7. The van der Waals surface area contributed by atoms with E-state index in [2.05, 4.69) is 15.9 Å². The van der Waals surface area contributed by atoms with Crippen LogP contribution in [0, 0.1) is 16.0 Å². The molecular formula is C10H12BrClN2O2. The second kappa shape index (κ2) is 5.12. The highest BCUT2D eigenvalue weighted by molar-refractivity contribution is 9.10. The molecule has 4 nitrogen and oxygen atoms in total. The van der Waals surface area contributed by atoms with Crippen molar-refractivity contribution < 1.29 is 4.92 Å². The van der Waals surface area contributed by atoms with Crippen molar-refractivity contribution in [1.82, 2.24) is 0 Å². The molecule has 1 saturated carbocycles. The molecule has 0 radical (unpaired) electrons. The Morgan fingerprint density at radius 3 is 2.62 bits per heavy atom. The average molecular weight is 308 g/mol. The van der Waals surface area contributed by atoms with E-state index >= 15 is 0 Å². The third kappa shape index (κ3) is 2.72. The first-order valence-corrected chi connectivity index (χ1v) is 5.58. The van der Waals surface area contributed by atoms with Gasteiger partial charge in [0.05, 0.1) is 9.40 Å². The van der Waals surface area contributed by atoms with Gasteiger partial charge in [0.25, 0.3) is 5.69 Å². The van der Waals surface area contributed by atoms with E-state index in [4.69, 9.17) is 5.73 Å². The lowest BCUT2D eigenvalue weighted by atomic mass is 10.0. The van der Waals surface area contributed by atoms with E-state index in [0.717, 1.165) is 18.4 Å². The number of hydrogen-bond acceptors (Lipinski definition) is 3. The normalized spacial score (nSPS) is 16.4. The van der Waals surface area contributed by atoms with E-state index in [1.54, 1.807) is 12.1 Å². The summed E-state index contributed by atoms with van der Waals surface area (Å²) in [5, 5.41) is 10.7. The van der Waals surface area contributed by atoms with Gasteiger partial charge < -0.3 is 5.73 Å². The van der Waals surface area contributed by atoms with Crippen LogP contribution >= 0.6 is 28.3 Å². The van der Waals surface area contributed by atoms with Crippen molar-refractivity contribution in [3.63, 3.8) is 0 Å². The van der Waals surface area contributed by atoms with Crippen LogP contribution in [0.1, 0.15) is 24.4 Å². The highest BCUT2D eigenvalue weighted by atomic mass is 79.9. The Hall–Kier alpha value is -0.650. The molecule has 0 bridgehead atoms. The molecule has 0 unspecified atom stereocenters. The van der Waals surface area contributed by atoms with Crippen molar-refractivity contribution in [1.29, 1.82) is 0 Å². The fourth-order valence-electron chi connectivity index (χ4n) is 1.60. The van der Waals surface area contributed by atoms with Gasteiger partial charge in [0.15, 0.2) is 0 Å². The van der Waals surface area contributed by atoms with E-state index in [0.29, 0.717) is 10.4 Å². The van der Waals surface area contributed by atoms with Crippen LogP contribution < -0.4 is 5.73 Å². The first kappa shape index (κ1) is 13.4. The molecular weight excluding hydrogens is 295 g/mol. The van der Waals surface area contributed by atoms with Gasteiger partial charge in [-0.15, -0.1) is 12.4 Å². The Morgan fingerprint density at radius 2 is 2.12 bits per heavy atom. The summed E-state index contributed by atoms with van der Waals surface area (Å²) in [5.41, 5.74) is 6.92. The van der Waals surface area contributed by atoms with E-state index in [-0.39, 0.29) is 24.1 Å². The molecule has 1 atom stereocenters. The van der Waals surface area contributed by atoms with Crippen molar-refractivity contribution in [2.75, 3.05) is 0 Å². The smallest absolute Gasteiger partial charge is 0.283 e. The molecule has 1 aliphatic carbocycles. The fraction of sp³-hybridized carbons (Fsp3) is 0.400. The molecule has 0 aromatic heterocycles. The monoisotopic (exact) mass is 306 g/mol. The molecule has 0 spiro atoms. The minimum absolute atomic E-state index is 0. The predicted octanol–water partition coefficient (Wildman–Crippen LogP) is 3.19. The molecule has 0 saturated heterocycles. The van der Waals surface area contributed by atoms with Gasteiger partial charge in [-0.25, -0.2) is 0 Å². The van der Waals surface area contributed by atoms with Crippen molar-refractivity contribution in [3.05, 3.63) is 38.3 Å². The van der Waals surface area contributed by atoms with Crippen molar-refractivity contribution in [3.8, 4) is 0 Å². The number of nitrogens with zero attached hydrogens (tertiary/aromatic N) is 1. The molecule has 0 aliphatic heterocycles. The standard InChI is InChI=1S/C10H11BrN2O2.ClH/c11-8-4-3-7(5-9(8)13(14)15)10(12)6-1-2-6;/h3-6,10H,1-2,12H2;1H/t10-;/m0./s1. The van der Waals surface area contributed by atoms with Crippen LogP contribution in [0.5, 0.6) is 0 Å². The summed E-state index contributed by atoms with van der Waals surface area (Å²) < 4.78 is 0.499. The molecule has 1 aliphatic rings. The first-order valence-electron chi connectivity index (χ1n) is 4.79. The number of hydrogen-bond donors (Lipinski definition) is 1. The van der Waals surface area contributed by atoms with Crippen LogP contribution in [0.25, 0.3) is 0 Å². The maximum Gasteiger partial charge on any atom is 0.283 e. The second-order valence-corrected chi connectivity index (χ2v) is 4.69. The Balaban J connectivity index is 0.00000128. The quantitative estimate of drug-likeness (QED) is 0.688. The van der Waals surface area contributed by atoms with Crippen molar-refractivity contribution in [2.45, 2.75) is 18.9 Å². The Kier molecular flexibility index (Phi) is 4.29. The number of nitro groups is 1. The SMILES string of the molecule is Cl.N[C@H](c1ccc(Br)c([N+](=O)[O-])c1)C1CC1. The Labute approximate surface area is 108 Å². The molecule has 88 valence electrons. The third-order valence-corrected chi connectivity index (χ3v) is 3.35. The molecule has 6 heteroatoms. The highest BCUT2D eigenvalue weighted by Gasteiger charge is 2.30. The molecule has 2 N–H and O–H groups in total. The Morgan fingerprint density at radius 1 is 1.50 bits per heavy atom. The number of rotatable bonds is 3. The highest BCUT2D eigenvalue weighted by Crippen LogP contribution is 2.40. The van der Waals surface area contributed by atoms with E-state index in [1.165, 1.54) is 0 Å². The minimum Gasteiger partial charge on any atom is -0.324 e. The van der Waals surface area contributed by atoms with Gasteiger partial charge >= 0.3 is 0 Å². The van der Waals surface area contributed by atoms with Crippen LogP contribution in [-0.4, -0.2) is 4.92 Å². The zero-order valence-corrected chi connectivity index (χ0v) is 10.8. The average Bonchev–Trinajstić information content (AvgIpc) is 3.00. The van der Waals surface area contributed by atoms with Crippen LogP contribution in [-0.2, 0) is 0 Å². The van der Waals surface area contributed by atoms with Crippen molar-refractivity contribution in [2.24, 2.45) is 11.7 Å². The fourth-order valence-corrected chi connectivity index (χ4v) is 2.00. The van der Waals surface area contributed by atoms with Gasteiger partial charge in [0, 0.05) is 12.1 Å². The molecule has 1 aromatic rings. The first-order chi connectivity index (χ1) is 7.09. The topological polar surface area (TPSA) is 69.2 Å². The summed E-state index contributed by atoms with van der Waals surface area (Å²) in [5.74, 6) is 0.505. The number of halogens is 2. The van der Waals surface area contributed by atoms with E-state index in [1.807, 2.05) is 6.07 Å². The zero-order chi connectivity index (χ0) is 11.0. The number of nitro benzene ring substituents is 1. The summed E-state index contributed by atoms with van der Waals surface area (Å²) in [6.07, 6.45) is 2.26. The summed E-state index contributed by atoms with van der Waals surface area (Å²) >= 11 is 3.15. The van der Waals surface area contributed by atoms with Gasteiger partial charge in [0.2, 0.25) is 0 Å². The van der Waals surface area contributed by atoms with Gasteiger partial charge in [-0.3, -0.25) is 10.1 Å². The lowest BCUT2D eigenvalue weighted by molar-refractivity contribution is -0.385. The van der Waals surface area contributed by atoms with Crippen LogP contribution in [0.4, 0.5) is 5.69 Å². The van der Waals surface area contributed by atoms with Gasteiger partial charge in [-0.2, -0.15) is 0 Å². The minimum atomic E-state index is -0.396. The van der Waals surface area contributed by atoms with Crippen LogP contribution in [0.2, 0.25) is 0 Å². The summed E-state index contributed by atoms with van der Waals surface area (Å²) in [7, 11) is 0. The van der Waals surface area contributed by atoms with Crippen LogP contribution in [0.3, 0.4) is 0 Å². The van der Waals surface area contributed by atoms with Crippen molar-refractivity contribution >= 4 is 34.0 Å². The maximum absolute atomic E-state index is 10.7. The molecule has 1 aromatic carbocycles. The van der Waals surface area contributed by atoms with E-state index < -0.39 is 4.92 Å². The molecule has 1 fully saturated rings. The number of benzene rings is 1. The molecule has 16 heavy (non-hydrogen) atoms. The summed E-state index contributed by atoms with van der Waals surface area (Å²) in [6.45, 7) is 0. The molecule has 2 rings (SSSR count). The Bertz CT molecular complexity index is 410.